The minimum atomic E-state index is 0.257. The maximum atomic E-state index is 6.19. The van der Waals surface area contributed by atoms with Gasteiger partial charge in [0.15, 0.2) is 5.82 Å². The van der Waals surface area contributed by atoms with E-state index < -0.39 is 0 Å². The maximum Gasteiger partial charge on any atom is 0.183 e. The van der Waals surface area contributed by atoms with Crippen molar-refractivity contribution < 1.29 is 4.74 Å². The number of methoxy groups -OCH3 is 1. The first-order chi connectivity index (χ1) is 9.19. The van der Waals surface area contributed by atoms with E-state index in [2.05, 4.69) is 15.5 Å². The van der Waals surface area contributed by atoms with Crippen LogP contribution in [0.25, 0.3) is 11.4 Å². The quantitative estimate of drug-likeness (QED) is 0.869. The number of nitrogen functional groups attached to an aromatic ring is 1. The molecule has 100 valence electrons. The zero-order chi connectivity index (χ0) is 13.4. The van der Waals surface area contributed by atoms with Gasteiger partial charge in [-0.2, -0.15) is 0 Å². The highest BCUT2D eigenvalue weighted by molar-refractivity contribution is 6.33. The van der Waals surface area contributed by atoms with Crippen molar-refractivity contribution in [3.05, 3.63) is 23.2 Å². The van der Waals surface area contributed by atoms with E-state index >= 15 is 0 Å². The average Bonchev–Trinajstić information content (AvgIpc) is 2.80. The molecule has 7 heteroatoms. The van der Waals surface area contributed by atoms with Crippen LogP contribution < -0.4 is 5.73 Å². The van der Waals surface area contributed by atoms with Crippen LogP contribution in [-0.4, -0.2) is 33.4 Å². The molecule has 1 aromatic carbocycles. The lowest BCUT2D eigenvalue weighted by Gasteiger charge is -2.34. The predicted octanol–water partition coefficient (Wildman–Crippen LogP) is 1.93. The first-order valence-electron chi connectivity index (χ1n) is 6.05. The lowest BCUT2D eigenvalue weighted by atomic mass is 9.89. The highest BCUT2D eigenvalue weighted by atomic mass is 35.5. The molecule has 3 rings (SSSR count). The second-order valence-corrected chi connectivity index (χ2v) is 5.08. The number of rotatable bonds is 3. The number of hydrogen-bond donors (Lipinski definition) is 1. The van der Waals surface area contributed by atoms with Gasteiger partial charge in [0.25, 0.3) is 0 Å². The third-order valence-corrected chi connectivity index (χ3v) is 3.80. The summed E-state index contributed by atoms with van der Waals surface area (Å²) in [6.45, 7) is 0. The van der Waals surface area contributed by atoms with Crippen molar-refractivity contribution in [1.82, 2.24) is 20.2 Å². The molecule has 0 atom stereocenters. The van der Waals surface area contributed by atoms with Crippen LogP contribution in [0.4, 0.5) is 5.69 Å². The molecule has 0 unspecified atom stereocenters. The lowest BCUT2D eigenvalue weighted by Crippen LogP contribution is -2.33. The van der Waals surface area contributed by atoms with Gasteiger partial charge in [-0.3, -0.25) is 0 Å². The van der Waals surface area contributed by atoms with Gasteiger partial charge in [-0.15, -0.1) is 5.10 Å². The first kappa shape index (κ1) is 12.4. The Balaban J connectivity index is 1.94. The molecule has 1 aliphatic rings. The van der Waals surface area contributed by atoms with Gasteiger partial charge in [-0.1, -0.05) is 11.6 Å². The minimum absolute atomic E-state index is 0.257. The molecule has 1 fully saturated rings. The fraction of sp³-hybridized carbons (Fsp3) is 0.417. The third-order valence-electron chi connectivity index (χ3n) is 3.47. The fourth-order valence-corrected chi connectivity index (χ4v) is 2.46. The van der Waals surface area contributed by atoms with Gasteiger partial charge in [0, 0.05) is 18.4 Å². The Kier molecular flexibility index (Phi) is 3.12. The van der Waals surface area contributed by atoms with E-state index in [0.717, 1.165) is 18.4 Å². The van der Waals surface area contributed by atoms with E-state index in [0.29, 0.717) is 22.6 Å². The Morgan fingerprint density at radius 2 is 2.21 bits per heavy atom. The third kappa shape index (κ3) is 2.17. The molecule has 0 aliphatic heterocycles. The Labute approximate surface area is 115 Å². The number of benzene rings is 1. The largest absolute Gasteiger partial charge is 0.399 e. The van der Waals surface area contributed by atoms with Gasteiger partial charge < -0.3 is 10.5 Å². The van der Waals surface area contributed by atoms with Crippen LogP contribution in [0.15, 0.2) is 18.2 Å². The van der Waals surface area contributed by atoms with Crippen molar-refractivity contribution in [2.75, 3.05) is 12.8 Å². The molecule has 2 N–H and O–H groups in total. The highest BCUT2D eigenvalue weighted by Crippen LogP contribution is 2.37. The van der Waals surface area contributed by atoms with Gasteiger partial charge in [-0.05, 0) is 41.5 Å². The molecule has 6 nitrogen and oxygen atoms in total. The number of aromatic nitrogens is 4. The second kappa shape index (κ2) is 4.79. The van der Waals surface area contributed by atoms with Gasteiger partial charge in [-0.25, -0.2) is 4.68 Å². The molecular weight excluding hydrogens is 266 g/mol. The van der Waals surface area contributed by atoms with Crippen molar-refractivity contribution in [3.8, 4) is 11.4 Å². The number of ether oxygens (including phenoxy) is 1. The van der Waals surface area contributed by atoms with Crippen LogP contribution >= 0.6 is 11.6 Å². The van der Waals surface area contributed by atoms with Gasteiger partial charge in [0.05, 0.1) is 17.2 Å². The lowest BCUT2D eigenvalue weighted by molar-refractivity contribution is 0.00248. The number of hydrogen-bond acceptors (Lipinski definition) is 5. The second-order valence-electron chi connectivity index (χ2n) is 4.67. The molecule has 1 heterocycles. The zero-order valence-corrected chi connectivity index (χ0v) is 11.2. The Morgan fingerprint density at radius 1 is 1.42 bits per heavy atom. The molecule has 1 aliphatic carbocycles. The average molecular weight is 280 g/mol. The minimum Gasteiger partial charge on any atom is -0.399 e. The summed E-state index contributed by atoms with van der Waals surface area (Å²) in [5, 5.41) is 12.5. The van der Waals surface area contributed by atoms with E-state index in [4.69, 9.17) is 22.1 Å². The molecule has 0 amide bonds. The monoisotopic (exact) mass is 279 g/mol. The number of halogens is 1. The summed E-state index contributed by atoms with van der Waals surface area (Å²) in [5.74, 6) is 0.650. The topological polar surface area (TPSA) is 78.8 Å². The number of anilines is 1. The van der Waals surface area contributed by atoms with E-state index in [1.54, 1.807) is 30.0 Å². The smallest absolute Gasteiger partial charge is 0.183 e. The van der Waals surface area contributed by atoms with Gasteiger partial charge in [0.1, 0.15) is 0 Å². The van der Waals surface area contributed by atoms with Crippen LogP contribution in [0.2, 0.25) is 5.02 Å². The van der Waals surface area contributed by atoms with E-state index in [1.807, 2.05) is 0 Å². The fourth-order valence-electron chi connectivity index (χ4n) is 2.26. The van der Waals surface area contributed by atoms with Crippen molar-refractivity contribution >= 4 is 17.3 Å². The first-order valence-corrected chi connectivity index (χ1v) is 6.43. The van der Waals surface area contributed by atoms with Crippen LogP contribution in [0.5, 0.6) is 0 Å². The molecule has 0 radical (unpaired) electrons. The summed E-state index contributed by atoms with van der Waals surface area (Å²) >= 11 is 6.19. The molecular formula is C12H14ClN5O. The summed E-state index contributed by atoms with van der Waals surface area (Å²) in [4.78, 5) is 0. The van der Waals surface area contributed by atoms with Crippen molar-refractivity contribution in [3.63, 3.8) is 0 Å². The SMILES string of the molecule is COC1CC(n2nnnc2-c2cc(N)ccc2Cl)C1. The molecule has 19 heavy (non-hydrogen) atoms. The van der Waals surface area contributed by atoms with Crippen LogP contribution in [0.3, 0.4) is 0 Å². The van der Waals surface area contributed by atoms with Gasteiger partial charge in [0.2, 0.25) is 0 Å². The summed E-state index contributed by atoms with van der Waals surface area (Å²) in [7, 11) is 1.72. The number of nitrogens with two attached hydrogens (primary N) is 1. The number of tetrazole rings is 1. The Morgan fingerprint density at radius 3 is 2.95 bits per heavy atom. The van der Waals surface area contributed by atoms with Gasteiger partial charge >= 0.3 is 0 Å². The molecule has 0 bridgehead atoms. The van der Waals surface area contributed by atoms with Crippen LogP contribution in [0, 0.1) is 0 Å². The summed E-state index contributed by atoms with van der Waals surface area (Å²) in [6.07, 6.45) is 2.11. The standard InChI is InChI=1S/C12H14ClN5O/c1-19-9-5-8(6-9)18-12(15-16-17-18)10-4-7(14)2-3-11(10)13/h2-4,8-9H,5-6,14H2,1H3. The molecule has 2 aromatic rings. The summed E-state index contributed by atoms with van der Waals surface area (Å²) in [6, 6.07) is 5.55. The molecule has 0 spiro atoms. The predicted molar refractivity (Wildman–Crippen MR) is 71.7 cm³/mol. The van der Waals surface area contributed by atoms with Crippen molar-refractivity contribution in [2.24, 2.45) is 0 Å². The van der Waals surface area contributed by atoms with Crippen LogP contribution in [-0.2, 0) is 4.74 Å². The molecule has 1 saturated carbocycles. The van der Waals surface area contributed by atoms with Crippen LogP contribution in [0.1, 0.15) is 18.9 Å². The van der Waals surface area contributed by atoms with Crippen molar-refractivity contribution in [2.45, 2.75) is 25.0 Å². The van der Waals surface area contributed by atoms with E-state index in [9.17, 15) is 0 Å². The highest BCUT2D eigenvalue weighted by Gasteiger charge is 2.33. The Bertz CT molecular complexity index is 594. The number of nitrogens with zero attached hydrogens (tertiary/aromatic N) is 4. The molecule has 0 saturated heterocycles. The normalized spacial score (nSPS) is 22.2. The van der Waals surface area contributed by atoms with E-state index in [1.165, 1.54) is 0 Å². The molecule has 1 aromatic heterocycles. The summed E-state index contributed by atoms with van der Waals surface area (Å²) < 4.78 is 7.08. The maximum absolute atomic E-state index is 6.19. The van der Waals surface area contributed by atoms with E-state index in [-0.39, 0.29) is 6.04 Å². The van der Waals surface area contributed by atoms with Crippen molar-refractivity contribution in [1.29, 1.82) is 0 Å². The summed E-state index contributed by atoms with van der Waals surface area (Å²) in [5.41, 5.74) is 7.19. The Hall–Kier alpha value is -1.66. The zero-order valence-electron chi connectivity index (χ0n) is 10.5.